The Morgan fingerprint density at radius 2 is 2.18 bits per heavy atom. The van der Waals surface area contributed by atoms with Crippen LogP contribution in [0.4, 0.5) is 0 Å². The molecule has 0 saturated carbocycles. The van der Waals surface area contributed by atoms with Gasteiger partial charge in [0.1, 0.15) is 0 Å². The van der Waals surface area contributed by atoms with Crippen LogP contribution in [0.15, 0.2) is 30.3 Å². The largest absolute Gasteiger partial charge is 0.465 e. The number of methoxy groups -OCH3 is 1. The van der Waals surface area contributed by atoms with Gasteiger partial charge in [0.2, 0.25) is 0 Å². The highest BCUT2D eigenvalue weighted by molar-refractivity contribution is 5.89. The van der Waals surface area contributed by atoms with Crippen molar-refractivity contribution < 1.29 is 9.53 Å². The van der Waals surface area contributed by atoms with Crippen LogP contribution in [-0.2, 0) is 4.74 Å². The molecule has 2 nitrogen and oxygen atoms in total. The van der Waals surface area contributed by atoms with E-state index in [4.69, 9.17) is 0 Å². The summed E-state index contributed by atoms with van der Waals surface area (Å²) in [6, 6.07) is 7.48. The number of rotatable bonds is 6. The van der Waals surface area contributed by atoms with Gasteiger partial charge in [-0.1, -0.05) is 44.1 Å². The Morgan fingerprint density at radius 1 is 1.35 bits per heavy atom. The number of allylic oxidation sites excluding steroid dienone is 1. The number of esters is 1. The van der Waals surface area contributed by atoms with Crippen molar-refractivity contribution in [2.45, 2.75) is 32.6 Å². The number of ether oxygens (including phenoxy) is 1. The van der Waals surface area contributed by atoms with Gasteiger partial charge in [-0.25, -0.2) is 4.79 Å². The minimum atomic E-state index is -0.286. The molecular weight excluding hydrogens is 212 g/mol. The molecule has 0 amide bonds. The molecule has 0 aliphatic carbocycles. The van der Waals surface area contributed by atoms with Gasteiger partial charge < -0.3 is 4.74 Å². The van der Waals surface area contributed by atoms with Gasteiger partial charge in [-0.3, -0.25) is 0 Å². The Bertz CT molecular complexity index is 380. The van der Waals surface area contributed by atoms with Crippen LogP contribution in [0.2, 0.25) is 0 Å². The zero-order valence-corrected chi connectivity index (χ0v) is 10.6. The smallest absolute Gasteiger partial charge is 0.337 e. The third-order valence-electron chi connectivity index (χ3n) is 2.59. The van der Waals surface area contributed by atoms with Crippen LogP contribution in [0.3, 0.4) is 0 Å². The lowest BCUT2D eigenvalue weighted by molar-refractivity contribution is 0.0600. The van der Waals surface area contributed by atoms with E-state index < -0.39 is 0 Å². The van der Waals surface area contributed by atoms with Gasteiger partial charge in [0, 0.05) is 0 Å². The molecule has 17 heavy (non-hydrogen) atoms. The van der Waals surface area contributed by atoms with E-state index in [9.17, 15) is 4.79 Å². The highest BCUT2D eigenvalue weighted by Gasteiger charge is 2.03. The van der Waals surface area contributed by atoms with Crippen LogP contribution in [0.25, 0.3) is 6.08 Å². The summed E-state index contributed by atoms with van der Waals surface area (Å²) in [5, 5.41) is 0. The zero-order chi connectivity index (χ0) is 12.5. The quantitative estimate of drug-likeness (QED) is 0.546. The maximum Gasteiger partial charge on any atom is 0.337 e. The number of benzene rings is 1. The van der Waals surface area contributed by atoms with E-state index in [0.717, 1.165) is 12.0 Å². The summed E-state index contributed by atoms with van der Waals surface area (Å²) in [6.07, 6.45) is 9.05. The van der Waals surface area contributed by atoms with Gasteiger partial charge in [0.25, 0.3) is 0 Å². The predicted octanol–water partition coefficient (Wildman–Crippen LogP) is 4.07. The highest BCUT2D eigenvalue weighted by atomic mass is 16.5. The molecule has 2 heteroatoms. The summed E-state index contributed by atoms with van der Waals surface area (Å²) < 4.78 is 4.69. The molecule has 0 N–H and O–H groups in total. The van der Waals surface area contributed by atoms with Crippen molar-refractivity contribution >= 4 is 12.0 Å². The van der Waals surface area contributed by atoms with E-state index in [1.165, 1.54) is 26.4 Å². The number of carbonyl (C=O) groups excluding carboxylic acids is 1. The Kier molecular flexibility index (Phi) is 6.08. The fraction of sp³-hybridized carbons (Fsp3) is 0.400. The normalized spacial score (nSPS) is 10.7. The molecule has 0 saturated heterocycles. The van der Waals surface area contributed by atoms with E-state index in [1.807, 2.05) is 18.2 Å². The third kappa shape index (κ3) is 4.85. The fourth-order valence-corrected chi connectivity index (χ4v) is 1.62. The van der Waals surface area contributed by atoms with Gasteiger partial charge in [0.15, 0.2) is 0 Å². The van der Waals surface area contributed by atoms with Crippen LogP contribution < -0.4 is 0 Å². The van der Waals surface area contributed by atoms with E-state index >= 15 is 0 Å². The van der Waals surface area contributed by atoms with Crippen LogP contribution in [0.5, 0.6) is 0 Å². The first kappa shape index (κ1) is 13.5. The van der Waals surface area contributed by atoms with Crippen LogP contribution >= 0.6 is 0 Å². The Morgan fingerprint density at radius 3 is 2.88 bits per heavy atom. The van der Waals surface area contributed by atoms with Gasteiger partial charge in [-0.15, -0.1) is 0 Å². The molecule has 0 unspecified atom stereocenters. The molecule has 0 aliphatic heterocycles. The van der Waals surface area contributed by atoms with Crippen molar-refractivity contribution in [3.05, 3.63) is 41.5 Å². The lowest BCUT2D eigenvalue weighted by Gasteiger charge is -2.00. The van der Waals surface area contributed by atoms with Crippen LogP contribution in [0, 0.1) is 0 Å². The van der Waals surface area contributed by atoms with Crippen molar-refractivity contribution in [1.29, 1.82) is 0 Å². The summed E-state index contributed by atoms with van der Waals surface area (Å²) in [5.41, 5.74) is 1.65. The summed E-state index contributed by atoms with van der Waals surface area (Å²) in [5.74, 6) is -0.286. The monoisotopic (exact) mass is 232 g/mol. The van der Waals surface area contributed by atoms with Gasteiger partial charge in [-0.05, 0) is 30.5 Å². The average molecular weight is 232 g/mol. The second-order valence-corrected chi connectivity index (χ2v) is 4.02. The maximum atomic E-state index is 11.3. The minimum Gasteiger partial charge on any atom is -0.465 e. The van der Waals surface area contributed by atoms with E-state index in [0.29, 0.717) is 5.56 Å². The van der Waals surface area contributed by atoms with Crippen molar-refractivity contribution in [2.24, 2.45) is 0 Å². The molecule has 0 heterocycles. The van der Waals surface area contributed by atoms with Crippen molar-refractivity contribution in [3.8, 4) is 0 Å². The Labute approximate surface area is 103 Å². The maximum absolute atomic E-state index is 11.3. The summed E-state index contributed by atoms with van der Waals surface area (Å²) in [4.78, 5) is 11.3. The number of unbranched alkanes of at least 4 members (excludes halogenated alkanes) is 3. The first-order valence-corrected chi connectivity index (χ1v) is 6.13. The van der Waals surface area contributed by atoms with Gasteiger partial charge in [0.05, 0.1) is 12.7 Å². The molecular formula is C15H20O2. The van der Waals surface area contributed by atoms with Crippen molar-refractivity contribution in [2.75, 3.05) is 7.11 Å². The summed E-state index contributed by atoms with van der Waals surface area (Å²) in [7, 11) is 1.40. The number of carbonyl (C=O) groups is 1. The SMILES string of the molecule is CCCCC/C=C\c1cccc(C(=O)OC)c1. The Hall–Kier alpha value is -1.57. The first-order valence-electron chi connectivity index (χ1n) is 6.13. The van der Waals surface area contributed by atoms with Crippen LogP contribution in [-0.4, -0.2) is 13.1 Å². The standard InChI is InChI=1S/C15H20O2/c1-3-4-5-6-7-9-13-10-8-11-14(12-13)15(16)17-2/h7-12H,3-6H2,1-2H3/b9-7-. The minimum absolute atomic E-state index is 0.286. The lowest BCUT2D eigenvalue weighted by atomic mass is 10.1. The third-order valence-corrected chi connectivity index (χ3v) is 2.59. The van der Waals surface area contributed by atoms with Gasteiger partial charge in [-0.2, -0.15) is 0 Å². The average Bonchev–Trinajstić information content (AvgIpc) is 2.38. The molecule has 0 aromatic heterocycles. The molecule has 1 aromatic rings. The lowest BCUT2D eigenvalue weighted by Crippen LogP contribution is -2.00. The molecule has 0 radical (unpaired) electrons. The second-order valence-electron chi connectivity index (χ2n) is 4.02. The molecule has 1 aromatic carbocycles. The molecule has 0 fully saturated rings. The summed E-state index contributed by atoms with van der Waals surface area (Å²) in [6.45, 7) is 2.20. The predicted molar refractivity (Wildman–Crippen MR) is 71.0 cm³/mol. The van der Waals surface area contributed by atoms with Crippen LogP contribution in [0.1, 0.15) is 48.5 Å². The molecule has 0 aliphatic rings. The fourth-order valence-electron chi connectivity index (χ4n) is 1.62. The second kappa shape index (κ2) is 7.66. The van der Waals surface area contributed by atoms with E-state index in [-0.39, 0.29) is 5.97 Å². The molecule has 0 atom stereocenters. The van der Waals surface area contributed by atoms with E-state index in [1.54, 1.807) is 6.07 Å². The molecule has 92 valence electrons. The summed E-state index contributed by atoms with van der Waals surface area (Å²) >= 11 is 0. The topological polar surface area (TPSA) is 26.3 Å². The first-order chi connectivity index (χ1) is 8.27. The van der Waals surface area contributed by atoms with Gasteiger partial charge >= 0.3 is 5.97 Å². The van der Waals surface area contributed by atoms with Crippen molar-refractivity contribution in [3.63, 3.8) is 0 Å². The number of hydrogen-bond donors (Lipinski definition) is 0. The number of hydrogen-bond acceptors (Lipinski definition) is 2. The molecule has 0 spiro atoms. The van der Waals surface area contributed by atoms with Crippen molar-refractivity contribution in [1.82, 2.24) is 0 Å². The zero-order valence-electron chi connectivity index (χ0n) is 10.6. The molecule has 1 rings (SSSR count). The Balaban J connectivity index is 2.56. The highest BCUT2D eigenvalue weighted by Crippen LogP contribution is 2.09. The van der Waals surface area contributed by atoms with E-state index in [2.05, 4.69) is 23.8 Å². The molecule has 0 bridgehead atoms.